The molecule has 156 valence electrons. The molecule has 2 rings (SSSR count). The summed E-state index contributed by atoms with van der Waals surface area (Å²) in [4.78, 5) is 57.3. The third-order valence-electron chi connectivity index (χ3n) is 3.95. The number of esters is 1. The number of thioether (sulfide) groups is 1. The Bertz CT molecular complexity index is 1040. The van der Waals surface area contributed by atoms with E-state index in [9.17, 15) is 19.2 Å². The van der Waals surface area contributed by atoms with Gasteiger partial charge in [-0.2, -0.15) is 0 Å². The Hall–Kier alpha value is -2.95. The highest BCUT2D eigenvalue weighted by Gasteiger charge is 2.22. The lowest BCUT2D eigenvalue weighted by Gasteiger charge is -2.13. The summed E-state index contributed by atoms with van der Waals surface area (Å²) in [5.41, 5.74) is 5.64. The van der Waals surface area contributed by atoms with Gasteiger partial charge in [0.05, 0.1) is 5.75 Å². The van der Waals surface area contributed by atoms with Crippen LogP contribution < -0.4 is 17.0 Å². The highest BCUT2D eigenvalue weighted by atomic mass is 32.2. The van der Waals surface area contributed by atoms with Gasteiger partial charge in [0.15, 0.2) is 11.8 Å². The number of hydrogen-bond acceptors (Lipinski definition) is 9. The first-order valence-electron chi connectivity index (χ1n) is 8.88. The van der Waals surface area contributed by atoms with E-state index in [-0.39, 0.29) is 23.7 Å². The number of hydrogen-bond donors (Lipinski definition) is 1. The lowest BCUT2D eigenvalue weighted by Crippen LogP contribution is -2.43. The van der Waals surface area contributed by atoms with E-state index in [0.29, 0.717) is 11.6 Å². The Morgan fingerprint density at radius 1 is 1.21 bits per heavy atom. The zero-order valence-electron chi connectivity index (χ0n) is 16.7. The molecule has 0 saturated heterocycles. The van der Waals surface area contributed by atoms with Crippen molar-refractivity contribution in [3.05, 3.63) is 43.9 Å². The normalized spacial score (nSPS) is 10.8. The number of carbonyl (C=O) groups excluding carboxylic acids is 2. The average molecular weight is 421 g/mol. The summed E-state index contributed by atoms with van der Waals surface area (Å²) in [5, 5.41) is 0.426. The van der Waals surface area contributed by atoms with Crippen LogP contribution in [0.2, 0.25) is 0 Å². The number of aryl methyl sites for hydroxylation is 2. The van der Waals surface area contributed by atoms with Crippen molar-refractivity contribution in [3.63, 3.8) is 0 Å². The molecule has 0 unspecified atom stereocenters. The predicted molar refractivity (Wildman–Crippen MR) is 108 cm³/mol. The van der Waals surface area contributed by atoms with Crippen LogP contribution in [0.3, 0.4) is 0 Å². The zero-order chi connectivity index (χ0) is 21.7. The largest absolute Gasteiger partial charge is 0.457 e. The number of nitrogen functional groups attached to an aromatic ring is 1. The van der Waals surface area contributed by atoms with Crippen LogP contribution in [0.4, 0.5) is 5.82 Å². The minimum absolute atomic E-state index is 0.0982. The maximum Gasteiger partial charge on any atom is 0.332 e. The number of Topliss-reactive ketones (excluding diaryl/α,β-unsaturated/α-hetero) is 1. The topological polar surface area (TPSA) is 139 Å². The Labute approximate surface area is 171 Å². The van der Waals surface area contributed by atoms with Crippen LogP contribution in [-0.4, -0.2) is 43.2 Å². The zero-order valence-corrected chi connectivity index (χ0v) is 17.5. The molecule has 0 radical (unpaired) electrons. The number of nitrogens with zero attached hydrogens (tertiary/aromatic N) is 4. The van der Waals surface area contributed by atoms with Crippen molar-refractivity contribution in [2.45, 2.75) is 38.9 Å². The van der Waals surface area contributed by atoms with E-state index in [4.69, 9.17) is 10.5 Å². The fourth-order valence-electron chi connectivity index (χ4n) is 2.63. The molecular formula is C18H23N5O5S. The number of ether oxygens (including phenoxy) is 1. The molecule has 29 heavy (non-hydrogen) atoms. The van der Waals surface area contributed by atoms with Crippen LogP contribution in [0, 0.1) is 13.8 Å². The number of rotatable bonds is 8. The van der Waals surface area contributed by atoms with Crippen LogP contribution in [0.25, 0.3) is 0 Å². The molecule has 0 bridgehead atoms. The van der Waals surface area contributed by atoms with Crippen LogP contribution in [0.15, 0.2) is 20.8 Å². The molecule has 0 aliphatic carbocycles. The van der Waals surface area contributed by atoms with Gasteiger partial charge in [0.2, 0.25) is 5.78 Å². The van der Waals surface area contributed by atoms with Crippen molar-refractivity contribution in [1.82, 2.24) is 19.1 Å². The van der Waals surface area contributed by atoms with E-state index >= 15 is 0 Å². The summed E-state index contributed by atoms with van der Waals surface area (Å²) in [6.45, 7) is 5.07. The lowest BCUT2D eigenvalue weighted by atomic mass is 10.2. The molecule has 2 aromatic rings. The molecule has 0 aromatic carbocycles. The van der Waals surface area contributed by atoms with E-state index in [1.807, 2.05) is 26.8 Å². The third-order valence-corrected chi connectivity index (χ3v) is 4.78. The summed E-state index contributed by atoms with van der Waals surface area (Å²) in [5.74, 6) is -1.75. The second-order valence-corrected chi connectivity index (χ2v) is 7.31. The number of aromatic nitrogens is 4. The molecule has 11 heteroatoms. The Balaban J connectivity index is 2.08. The maximum atomic E-state index is 12.5. The summed E-state index contributed by atoms with van der Waals surface area (Å²) in [6.07, 6.45) is 0.586. The van der Waals surface area contributed by atoms with Crippen molar-refractivity contribution in [2.24, 2.45) is 7.05 Å². The smallest absolute Gasteiger partial charge is 0.332 e. The molecule has 0 atom stereocenters. The van der Waals surface area contributed by atoms with Gasteiger partial charge in [-0.15, -0.1) is 0 Å². The first-order valence-corrected chi connectivity index (χ1v) is 9.87. The quantitative estimate of drug-likeness (QED) is 0.279. The lowest BCUT2D eigenvalue weighted by molar-refractivity contribution is -0.139. The SMILES string of the molecule is CCCn1c(N)c(C(=O)COC(=O)CSc2nc(C)cc(C)n2)c(=O)n(C)c1=O. The molecule has 2 aromatic heterocycles. The van der Waals surface area contributed by atoms with E-state index in [0.717, 1.165) is 32.3 Å². The van der Waals surface area contributed by atoms with Gasteiger partial charge in [0, 0.05) is 25.0 Å². The molecule has 0 amide bonds. The number of nitrogens with two attached hydrogens (primary N) is 1. The van der Waals surface area contributed by atoms with Crippen LogP contribution in [0.1, 0.15) is 35.1 Å². The van der Waals surface area contributed by atoms with Gasteiger partial charge in [0.25, 0.3) is 5.56 Å². The molecule has 0 aliphatic rings. The van der Waals surface area contributed by atoms with Crippen molar-refractivity contribution < 1.29 is 14.3 Å². The second kappa shape index (κ2) is 9.50. The van der Waals surface area contributed by atoms with Crippen LogP contribution >= 0.6 is 11.8 Å². The van der Waals surface area contributed by atoms with E-state index in [1.165, 1.54) is 7.05 Å². The monoisotopic (exact) mass is 421 g/mol. The first kappa shape index (κ1) is 22.3. The van der Waals surface area contributed by atoms with Crippen molar-refractivity contribution in [1.29, 1.82) is 0 Å². The van der Waals surface area contributed by atoms with Crippen LogP contribution in [0.5, 0.6) is 0 Å². The van der Waals surface area contributed by atoms with Crippen molar-refractivity contribution in [3.8, 4) is 0 Å². The predicted octanol–water partition coefficient (Wildman–Crippen LogP) is 0.464. The van der Waals surface area contributed by atoms with Gasteiger partial charge in [-0.25, -0.2) is 14.8 Å². The van der Waals surface area contributed by atoms with Gasteiger partial charge >= 0.3 is 11.7 Å². The Kier molecular flexibility index (Phi) is 7.32. The number of ketones is 1. The Morgan fingerprint density at radius 3 is 2.41 bits per heavy atom. The minimum Gasteiger partial charge on any atom is -0.457 e. The van der Waals surface area contributed by atoms with Crippen molar-refractivity contribution in [2.75, 3.05) is 18.1 Å². The average Bonchev–Trinajstić information content (AvgIpc) is 2.66. The fourth-order valence-corrected chi connectivity index (χ4v) is 3.37. The summed E-state index contributed by atoms with van der Waals surface area (Å²) >= 11 is 1.08. The molecule has 0 aliphatic heterocycles. The third kappa shape index (κ3) is 5.31. The van der Waals surface area contributed by atoms with E-state index in [1.54, 1.807) is 0 Å². The fraction of sp³-hybridized carbons (Fsp3) is 0.444. The molecular weight excluding hydrogens is 398 g/mol. The second-order valence-electron chi connectivity index (χ2n) is 6.36. The molecule has 0 fully saturated rings. The maximum absolute atomic E-state index is 12.5. The standard InChI is InChI=1S/C18H23N5O5S/c1-5-6-23-15(19)14(16(26)22(4)18(23)27)12(24)8-28-13(25)9-29-17-20-10(2)7-11(3)21-17/h7H,5-6,8-9,19H2,1-4H3. The Morgan fingerprint density at radius 2 is 1.83 bits per heavy atom. The molecule has 2 N–H and O–H groups in total. The van der Waals surface area contributed by atoms with Gasteiger partial charge in [-0.05, 0) is 26.3 Å². The van der Waals surface area contributed by atoms with Crippen molar-refractivity contribution >= 4 is 29.3 Å². The summed E-state index contributed by atoms with van der Waals surface area (Å²) in [6, 6.07) is 1.81. The van der Waals surface area contributed by atoms with E-state index < -0.39 is 29.6 Å². The van der Waals surface area contributed by atoms with Gasteiger partial charge in [-0.1, -0.05) is 18.7 Å². The first-order chi connectivity index (χ1) is 13.6. The van der Waals surface area contributed by atoms with E-state index in [2.05, 4.69) is 9.97 Å². The van der Waals surface area contributed by atoms with Crippen LogP contribution in [-0.2, 0) is 23.1 Å². The van der Waals surface area contributed by atoms with Gasteiger partial charge in [0.1, 0.15) is 11.4 Å². The number of carbonyl (C=O) groups is 2. The highest BCUT2D eigenvalue weighted by molar-refractivity contribution is 7.99. The summed E-state index contributed by atoms with van der Waals surface area (Å²) in [7, 11) is 1.26. The van der Waals surface area contributed by atoms with Gasteiger partial charge in [-0.3, -0.25) is 23.5 Å². The molecule has 0 saturated carbocycles. The highest BCUT2D eigenvalue weighted by Crippen LogP contribution is 2.14. The summed E-state index contributed by atoms with van der Waals surface area (Å²) < 4.78 is 6.93. The number of anilines is 1. The molecule has 0 spiro atoms. The molecule has 10 nitrogen and oxygen atoms in total. The minimum atomic E-state index is -0.820. The molecule has 2 heterocycles. The van der Waals surface area contributed by atoms with Gasteiger partial charge < -0.3 is 10.5 Å².